The van der Waals surface area contributed by atoms with Crippen molar-refractivity contribution in [2.24, 2.45) is 0 Å². The fraction of sp³-hybridized carbons (Fsp3) is 0.0526. The number of anilines is 1. The molecule has 1 amide bonds. The summed E-state index contributed by atoms with van der Waals surface area (Å²) in [7, 11) is 0. The SMILES string of the molecule is O=C(Nc1cc(O)ccc1O)c1ccccc1SCc1ccncc1. The first-order valence-electron chi connectivity index (χ1n) is 7.57. The molecule has 0 bridgehead atoms. The number of carbonyl (C=O) groups excluding carboxylic acids is 1. The molecule has 0 atom stereocenters. The van der Waals surface area contributed by atoms with Crippen LogP contribution in [-0.4, -0.2) is 21.1 Å². The second-order valence-electron chi connectivity index (χ2n) is 5.30. The van der Waals surface area contributed by atoms with Crippen LogP contribution in [0.1, 0.15) is 15.9 Å². The van der Waals surface area contributed by atoms with Crippen molar-refractivity contribution < 1.29 is 15.0 Å². The summed E-state index contributed by atoms with van der Waals surface area (Å²) in [6.07, 6.45) is 3.47. The number of phenolic OH excluding ortho intramolecular Hbond substituents is 2. The number of nitrogens with zero attached hydrogens (tertiary/aromatic N) is 1. The molecule has 3 N–H and O–H groups in total. The van der Waals surface area contributed by atoms with Crippen LogP contribution in [0.4, 0.5) is 5.69 Å². The number of hydrogen-bond donors (Lipinski definition) is 3. The van der Waals surface area contributed by atoms with Crippen molar-refractivity contribution in [2.75, 3.05) is 5.32 Å². The van der Waals surface area contributed by atoms with Crippen molar-refractivity contribution in [2.45, 2.75) is 10.6 Å². The molecule has 1 heterocycles. The van der Waals surface area contributed by atoms with E-state index in [-0.39, 0.29) is 23.1 Å². The zero-order valence-corrected chi connectivity index (χ0v) is 14.0. The van der Waals surface area contributed by atoms with Gasteiger partial charge in [0.05, 0.1) is 11.3 Å². The third-order valence-corrected chi connectivity index (χ3v) is 4.65. The van der Waals surface area contributed by atoms with Gasteiger partial charge in [-0.15, -0.1) is 11.8 Å². The lowest BCUT2D eigenvalue weighted by molar-refractivity contribution is 0.102. The Kier molecular flexibility index (Phi) is 5.20. The fourth-order valence-corrected chi connectivity index (χ4v) is 3.24. The Hall–Kier alpha value is -2.99. The number of thioether (sulfide) groups is 1. The minimum absolute atomic E-state index is 0.0338. The zero-order chi connectivity index (χ0) is 17.6. The second kappa shape index (κ2) is 7.72. The van der Waals surface area contributed by atoms with Gasteiger partial charge in [-0.1, -0.05) is 12.1 Å². The molecule has 0 fully saturated rings. The number of pyridine rings is 1. The molecule has 2 aromatic carbocycles. The molecular formula is C19H16N2O3S. The van der Waals surface area contributed by atoms with E-state index in [1.165, 1.54) is 18.2 Å². The fourth-order valence-electron chi connectivity index (χ4n) is 2.23. The van der Waals surface area contributed by atoms with Gasteiger partial charge in [-0.3, -0.25) is 9.78 Å². The van der Waals surface area contributed by atoms with Gasteiger partial charge >= 0.3 is 0 Å². The van der Waals surface area contributed by atoms with Crippen LogP contribution in [0, 0.1) is 0 Å². The smallest absolute Gasteiger partial charge is 0.256 e. The largest absolute Gasteiger partial charge is 0.508 e. The summed E-state index contributed by atoms with van der Waals surface area (Å²) < 4.78 is 0. The molecule has 3 rings (SSSR count). The summed E-state index contributed by atoms with van der Waals surface area (Å²) in [5, 5.41) is 22.0. The van der Waals surface area contributed by atoms with Gasteiger partial charge in [0.25, 0.3) is 5.91 Å². The standard InChI is InChI=1S/C19H16N2O3S/c22-14-5-6-17(23)16(11-14)21-19(24)15-3-1-2-4-18(15)25-12-13-7-9-20-10-8-13/h1-11,22-23H,12H2,(H,21,24). The lowest BCUT2D eigenvalue weighted by Gasteiger charge is -2.11. The van der Waals surface area contributed by atoms with Crippen LogP contribution in [0.15, 0.2) is 71.9 Å². The third kappa shape index (κ3) is 4.30. The maximum absolute atomic E-state index is 12.6. The van der Waals surface area contributed by atoms with Crippen LogP contribution >= 0.6 is 11.8 Å². The molecule has 6 heteroatoms. The summed E-state index contributed by atoms with van der Waals surface area (Å²) in [5.74, 6) is 0.227. The first-order valence-corrected chi connectivity index (χ1v) is 8.56. The van der Waals surface area contributed by atoms with Crippen molar-refractivity contribution in [1.29, 1.82) is 0 Å². The number of hydrogen-bond acceptors (Lipinski definition) is 5. The summed E-state index contributed by atoms with van der Waals surface area (Å²) in [6.45, 7) is 0. The van der Waals surface area contributed by atoms with E-state index in [1.54, 1.807) is 36.3 Å². The van der Waals surface area contributed by atoms with Gasteiger partial charge in [0.1, 0.15) is 11.5 Å². The van der Waals surface area contributed by atoms with Gasteiger partial charge in [-0.05, 0) is 42.0 Å². The Morgan fingerprint density at radius 1 is 1.04 bits per heavy atom. The van der Waals surface area contributed by atoms with Crippen LogP contribution in [0.5, 0.6) is 11.5 Å². The number of aromatic hydroxyl groups is 2. The normalized spacial score (nSPS) is 10.4. The highest BCUT2D eigenvalue weighted by Crippen LogP contribution is 2.30. The molecule has 126 valence electrons. The summed E-state index contributed by atoms with van der Waals surface area (Å²) in [5.41, 5.74) is 1.78. The molecule has 0 radical (unpaired) electrons. The van der Waals surface area contributed by atoms with Gasteiger partial charge < -0.3 is 15.5 Å². The quantitative estimate of drug-likeness (QED) is 0.367. The lowest BCUT2D eigenvalue weighted by Crippen LogP contribution is -2.13. The van der Waals surface area contributed by atoms with Crippen molar-refractivity contribution >= 4 is 23.4 Å². The summed E-state index contributed by atoms with van der Waals surface area (Å²) >= 11 is 1.55. The lowest BCUT2D eigenvalue weighted by atomic mass is 10.2. The van der Waals surface area contributed by atoms with Gasteiger partial charge in [0.15, 0.2) is 0 Å². The minimum atomic E-state index is -0.348. The molecule has 0 aliphatic rings. The number of rotatable bonds is 5. The molecule has 1 aromatic heterocycles. The number of amides is 1. The van der Waals surface area contributed by atoms with Gasteiger partial charge in [-0.25, -0.2) is 0 Å². The first-order chi connectivity index (χ1) is 12.1. The molecule has 0 saturated carbocycles. The van der Waals surface area contributed by atoms with Crippen LogP contribution < -0.4 is 5.32 Å². The van der Waals surface area contributed by atoms with Crippen molar-refractivity contribution in [3.05, 3.63) is 78.1 Å². The second-order valence-corrected chi connectivity index (χ2v) is 6.31. The van der Waals surface area contributed by atoms with Crippen LogP contribution in [0.2, 0.25) is 0 Å². The molecular weight excluding hydrogens is 336 g/mol. The van der Waals surface area contributed by atoms with E-state index in [4.69, 9.17) is 0 Å². The van der Waals surface area contributed by atoms with Gasteiger partial charge in [0.2, 0.25) is 0 Å². The monoisotopic (exact) mass is 352 g/mol. The van der Waals surface area contributed by atoms with Crippen molar-refractivity contribution in [3.8, 4) is 11.5 Å². The maximum atomic E-state index is 12.6. The van der Waals surface area contributed by atoms with E-state index in [0.717, 1.165) is 10.5 Å². The van der Waals surface area contributed by atoms with E-state index in [9.17, 15) is 15.0 Å². The highest BCUT2D eigenvalue weighted by Gasteiger charge is 2.14. The highest BCUT2D eigenvalue weighted by atomic mass is 32.2. The number of carbonyl (C=O) groups is 1. The Morgan fingerprint density at radius 3 is 2.60 bits per heavy atom. The molecule has 0 aliphatic heterocycles. The zero-order valence-electron chi connectivity index (χ0n) is 13.2. The Balaban J connectivity index is 1.77. The number of aromatic nitrogens is 1. The van der Waals surface area contributed by atoms with Crippen molar-refractivity contribution in [3.63, 3.8) is 0 Å². The molecule has 0 saturated heterocycles. The number of benzene rings is 2. The van der Waals surface area contributed by atoms with Crippen molar-refractivity contribution in [1.82, 2.24) is 4.98 Å². The molecule has 3 aromatic rings. The molecule has 5 nitrogen and oxygen atoms in total. The predicted molar refractivity (Wildman–Crippen MR) is 98.0 cm³/mol. The Labute approximate surface area is 149 Å². The van der Waals surface area contributed by atoms with E-state index >= 15 is 0 Å². The Bertz CT molecular complexity index is 885. The van der Waals surface area contributed by atoms with Crippen LogP contribution in [0.3, 0.4) is 0 Å². The molecule has 0 aliphatic carbocycles. The average Bonchev–Trinajstić information content (AvgIpc) is 2.64. The van der Waals surface area contributed by atoms with Crippen LogP contribution in [0.25, 0.3) is 0 Å². The van der Waals surface area contributed by atoms with Gasteiger partial charge in [-0.2, -0.15) is 0 Å². The van der Waals surface area contributed by atoms with E-state index in [2.05, 4.69) is 10.3 Å². The minimum Gasteiger partial charge on any atom is -0.508 e. The van der Waals surface area contributed by atoms with E-state index in [1.807, 2.05) is 24.3 Å². The highest BCUT2D eigenvalue weighted by molar-refractivity contribution is 7.98. The Morgan fingerprint density at radius 2 is 1.80 bits per heavy atom. The average molecular weight is 352 g/mol. The summed E-state index contributed by atoms with van der Waals surface area (Å²) in [4.78, 5) is 17.4. The predicted octanol–water partition coefficient (Wildman–Crippen LogP) is 4.04. The number of phenols is 2. The molecule has 0 spiro atoms. The third-order valence-electron chi connectivity index (χ3n) is 3.50. The summed E-state index contributed by atoms with van der Waals surface area (Å²) in [6, 6.07) is 15.1. The van der Waals surface area contributed by atoms with Crippen LogP contribution in [-0.2, 0) is 5.75 Å². The first kappa shape index (κ1) is 16.9. The number of nitrogens with one attached hydrogen (secondary N) is 1. The van der Waals surface area contributed by atoms with E-state index < -0.39 is 0 Å². The van der Waals surface area contributed by atoms with Gasteiger partial charge in [0, 0.05) is 29.1 Å². The topological polar surface area (TPSA) is 82.5 Å². The molecule has 0 unspecified atom stereocenters. The maximum Gasteiger partial charge on any atom is 0.256 e. The molecule has 25 heavy (non-hydrogen) atoms. The van der Waals surface area contributed by atoms with E-state index in [0.29, 0.717) is 11.3 Å².